The third-order valence-corrected chi connectivity index (χ3v) is 6.89. The molecule has 0 N–H and O–H groups in total. The van der Waals surface area contributed by atoms with Gasteiger partial charge in [-0.15, -0.1) is 0 Å². The Bertz CT molecular complexity index is 1150. The second-order valence-corrected chi connectivity index (χ2v) is 9.32. The third-order valence-electron chi connectivity index (χ3n) is 5.15. The number of benzene rings is 1. The fraction of sp³-hybridized carbons (Fsp3) is 0.429. The van der Waals surface area contributed by atoms with Crippen molar-refractivity contribution in [1.29, 1.82) is 0 Å². The first-order valence-electron chi connectivity index (χ1n) is 10.2. The summed E-state index contributed by atoms with van der Waals surface area (Å²) < 4.78 is 49.0. The highest BCUT2D eigenvalue weighted by Gasteiger charge is 2.31. The lowest BCUT2D eigenvalue weighted by molar-refractivity contribution is 0.274. The number of hydrogen-bond donors (Lipinski definition) is 0. The molecule has 0 saturated carbocycles. The summed E-state index contributed by atoms with van der Waals surface area (Å²) in [6.07, 6.45) is 1.86. The van der Waals surface area contributed by atoms with Crippen LogP contribution in [0.3, 0.4) is 0 Å². The van der Waals surface area contributed by atoms with E-state index >= 15 is 0 Å². The quantitative estimate of drug-likeness (QED) is 0.538. The van der Waals surface area contributed by atoms with E-state index in [9.17, 15) is 8.42 Å². The van der Waals surface area contributed by atoms with Gasteiger partial charge in [0.2, 0.25) is 10.9 Å². The maximum Gasteiger partial charge on any atom is 0.293 e. The molecule has 2 aromatic heterocycles. The molecule has 0 bridgehead atoms. The summed E-state index contributed by atoms with van der Waals surface area (Å²) in [5.41, 5.74) is 0.664. The third kappa shape index (κ3) is 4.31. The smallest absolute Gasteiger partial charge is 0.293 e. The molecule has 3 heterocycles. The molecule has 0 radical (unpaired) electrons. The Labute approximate surface area is 181 Å². The van der Waals surface area contributed by atoms with Crippen molar-refractivity contribution in [2.75, 3.05) is 26.8 Å². The molecule has 166 valence electrons. The minimum atomic E-state index is -3.70. The van der Waals surface area contributed by atoms with Gasteiger partial charge in [-0.3, -0.25) is 0 Å². The van der Waals surface area contributed by atoms with Crippen molar-refractivity contribution < 1.29 is 26.8 Å². The van der Waals surface area contributed by atoms with Crippen LogP contribution in [0.5, 0.6) is 11.5 Å². The van der Waals surface area contributed by atoms with Crippen LogP contribution in [0.2, 0.25) is 0 Å². The van der Waals surface area contributed by atoms with Crippen LogP contribution in [-0.2, 0) is 10.0 Å². The molecule has 10 heteroatoms. The SMILES string of the molecule is CCOc1ccc(-c2noc(-c3ccc(S(=O)(=O)N4CCCC(C)C4)o3)n2)cc1OC. The summed E-state index contributed by atoms with van der Waals surface area (Å²) in [4.78, 5) is 4.35. The average molecular weight is 448 g/mol. The van der Waals surface area contributed by atoms with E-state index in [0.717, 1.165) is 12.8 Å². The lowest BCUT2D eigenvalue weighted by Gasteiger charge is -2.29. The maximum absolute atomic E-state index is 12.9. The van der Waals surface area contributed by atoms with E-state index in [0.29, 0.717) is 48.5 Å². The molecule has 1 aromatic carbocycles. The van der Waals surface area contributed by atoms with Crippen molar-refractivity contribution in [3.63, 3.8) is 0 Å². The van der Waals surface area contributed by atoms with Gasteiger partial charge < -0.3 is 18.4 Å². The molecular weight excluding hydrogens is 422 g/mol. The number of hydrogen-bond acceptors (Lipinski definition) is 8. The predicted octanol–water partition coefficient (Wildman–Crippen LogP) is 3.82. The summed E-state index contributed by atoms with van der Waals surface area (Å²) in [5.74, 6) is 2.10. The molecule has 0 aliphatic carbocycles. The number of ether oxygens (including phenoxy) is 2. The van der Waals surface area contributed by atoms with Crippen molar-refractivity contribution in [3.05, 3.63) is 30.3 Å². The van der Waals surface area contributed by atoms with Gasteiger partial charge in [0.05, 0.1) is 13.7 Å². The van der Waals surface area contributed by atoms with Crippen LogP contribution >= 0.6 is 0 Å². The summed E-state index contributed by atoms with van der Waals surface area (Å²) in [6, 6.07) is 8.25. The van der Waals surface area contributed by atoms with E-state index < -0.39 is 10.0 Å². The lowest BCUT2D eigenvalue weighted by atomic mass is 10.0. The zero-order valence-corrected chi connectivity index (χ0v) is 18.5. The Morgan fingerprint density at radius 2 is 2.06 bits per heavy atom. The number of rotatable bonds is 7. The van der Waals surface area contributed by atoms with Crippen LogP contribution in [0.1, 0.15) is 26.7 Å². The largest absolute Gasteiger partial charge is 0.493 e. The van der Waals surface area contributed by atoms with Gasteiger partial charge >= 0.3 is 0 Å². The minimum absolute atomic E-state index is 0.0938. The highest BCUT2D eigenvalue weighted by molar-refractivity contribution is 7.89. The second-order valence-electron chi connectivity index (χ2n) is 7.45. The number of piperidine rings is 1. The van der Waals surface area contributed by atoms with Gasteiger partial charge in [-0.2, -0.15) is 9.29 Å². The van der Waals surface area contributed by atoms with Gasteiger partial charge in [0.15, 0.2) is 17.3 Å². The summed E-state index contributed by atoms with van der Waals surface area (Å²) in [7, 11) is -2.15. The molecule has 0 amide bonds. The highest BCUT2D eigenvalue weighted by Crippen LogP contribution is 2.33. The fourth-order valence-corrected chi connectivity index (χ4v) is 5.10. The lowest BCUT2D eigenvalue weighted by Crippen LogP contribution is -2.38. The molecule has 1 atom stereocenters. The van der Waals surface area contributed by atoms with Gasteiger partial charge in [0.25, 0.3) is 15.9 Å². The molecule has 1 unspecified atom stereocenters. The number of methoxy groups -OCH3 is 1. The average Bonchev–Trinajstić information content (AvgIpc) is 3.44. The first-order chi connectivity index (χ1) is 14.9. The fourth-order valence-electron chi connectivity index (χ4n) is 3.59. The summed E-state index contributed by atoms with van der Waals surface area (Å²) in [5, 5.41) is 3.86. The van der Waals surface area contributed by atoms with Crippen molar-refractivity contribution in [1.82, 2.24) is 14.4 Å². The Morgan fingerprint density at radius 1 is 1.23 bits per heavy atom. The molecule has 1 aliphatic heterocycles. The standard InChI is InChI=1S/C21H25N3O6S/c1-4-28-16-8-7-15(12-18(16)27-3)20-22-21(30-23-20)17-9-10-19(29-17)31(25,26)24-11-5-6-14(2)13-24/h7-10,12,14H,4-6,11,13H2,1-3H3. The zero-order chi connectivity index (χ0) is 22.0. The van der Waals surface area contributed by atoms with Gasteiger partial charge in [0, 0.05) is 18.7 Å². The van der Waals surface area contributed by atoms with E-state index in [4.69, 9.17) is 18.4 Å². The van der Waals surface area contributed by atoms with Crippen LogP contribution < -0.4 is 9.47 Å². The highest BCUT2D eigenvalue weighted by atomic mass is 32.2. The van der Waals surface area contributed by atoms with E-state index in [-0.39, 0.29) is 16.7 Å². The van der Waals surface area contributed by atoms with Crippen LogP contribution in [0.4, 0.5) is 0 Å². The topological polar surface area (TPSA) is 108 Å². The zero-order valence-electron chi connectivity index (χ0n) is 17.7. The molecule has 9 nitrogen and oxygen atoms in total. The minimum Gasteiger partial charge on any atom is -0.493 e. The van der Waals surface area contributed by atoms with Gasteiger partial charge in [0.1, 0.15) is 0 Å². The second kappa shape index (κ2) is 8.72. The molecule has 1 fully saturated rings. The first-order valence-corrected chi connectivity index (χ1v) is 11.6. The summed E-state index contributed by atoms with van der Waals surface area (Å²) in [6.45, 7) is 5.44. The number of nitrogens with zero attached hydrogens (tertiary/aromatic N) is 3. The van der Waals surface area contributed by atoms with Crippen molar-refractivity contribution in [2.45, 2.75) is 31.8 Å². The molecule has 1 aliphatic rings. The molecule has 31 heavy (non-hydrogen) atoms. The van der Waals surface area contributed by atoms with Gasteiger partial charge in [-0.05, 0) is 56.0 Å². The van der Waals surface area contributed by atoms with Crippen LogP contribution in [0, 0.1) is 5.92 Å². The van der Waals surface area contributed by atoms with Crippen molar-refractivity contribution in [3.8, 4) is 34.5 Å². The maximum atomic E-state index is 12.9. The predicted molar refractivity (Wildman–Crippen MR) is 112 cm³/mol. The Morgan fingerprint density at radius 3 is 2.81 bits per heavy atom. The van der Waals surface area contributed by atoms with Crippen LogP contribution in [0.15, 0.2) is 44.4 Å². The monoisotopic (exact) mass is 447 g/mol. The van der Waals surface area contributed by atoms with E-state index in [1.807, 2.05) is 13.8 Å². The Kier molecular flexibility index (Phi) is 6.01. The number of sulfonamides is 1. The number of aromatic nitrogens is 2. The molecule has 4 rings (SSSR count). The Balaban J connectivity index is 1.57. The van der Waals surface area contributed by atoms with Crippen LogP contribution in [-0.4, -0.2) is 49.7 Å². The molecule has 0 spiro atoms. The van der Waals surface area contributed by atoms with Gasteiger partial charge in [-0.25, -0.2) is 8.42 Å². The van der Waals surface area contributed by atoms with E-state index in [1.165, 1.54) is 16.4 Å². The normalized spacial score (nSPS) is 17.6. The van der Waals surface area contributed by atoms with Gasteiger partial charge in [-0.1, -0.05) is 12.1 Å². The molecule has 3 aromatic rings. The molecule has 1 saturated heterocycles. The first kappa shape index (κ1) is 21.4. The number of furan rings is 1. The van der Waals surface area contributed by atoms with E-state index in [2.05, 4.69) is 10.1 Å². The van der Waals surface area contributed by atoms with E-state index in [1.54, 1.807) is 25.3 Å². The van der Waals surface area contributed by atoms with Crippen molar-refractivity contribution >= 4 is 10.0 Å². The summed E-state index contributed by atoms with van der Waals surface area (Å²) >= 11 is 0. The Hall–Kier alpha value is -2.85. The van der Waals surface area contributed by atoms with Crippen LogP contribution in [0.25, 0.3) is 23.0 Å². The molecular formula is C21H25N3O6S. The van der Waals surface area contributed by atoms with Crippen molar-refractivity contribution in [2.24, 2.45) is 5.92 Å².